The van der Waals surface area contributed by atoms with Crippen LogP contribution >= 0.6 is 0 Å². The minimum Gasteiger partial charge on any atom is -0.386 e. The zero-order valence-corrected chi connectivity index (χ0v) is 33.6. The second-order valence-corrected chi connectivity index (χ2v) is 13.9. The molecule has 0 unspecified atom stereocenters. The zero-order valence-electron chi connectivity index (χ0n) is 33.6. The van der Waals surface area contributed by atoms with Crippen molar-refractivity contribution in [3.05, 3.63) is 155 Å². The van der Waals surface area contributed by atoms with E-state index in [0.29, 0.717) is 5.56 Å². The standard InChI is InChI=1S/C37H44N4.C9H13N3O/c1-38(2)32-20-12-28(13-21-32)36(29-14-22-33(23-15-29)39(3)4)10-9-11-37(30-16-24-34(25-17-30)40(5)6)31-18-26-35(27-19-31)41(7)8;1-11-7-4-3-6(9(10)13)5-8(7)12-2/h10-27H,9H2,1-8H3;3-5,11-12H,1-2H3,(H2,10,13). The molecule has 0 bridgehead atoms. The Balaban J connectivity index is 0.000000422. The summed E-state index contributed by atoms with van der Waals surface area (Å²) < 4.78 is 0. The number of nitrogens with two attached hydrogens (primary N) is 1. The zero-order chi connectivity index (χ0) is 39.4. The monoisotopic (exact) mass is 723 g/mol. The number of nitrogens with zero attached hydrogens (tertiary/aromatic N) is 4. The predicted octanol–water partition coefficient (Wildman–Crippen LogP) is 8.77. The number of rotatable bonds is 13. The van der Waals surface area contributed by atoms with Gasteiger partial charge < -0.3 is 36.0 Å². The lowest BCUT2D eigenvalue weighted by molar-refractivity contribution is 0.100. The molecule has 0 aliphatic heterocycles. The fourth-order valence-electron chi connectivity index (χ4n) is 5.98. The van der Waals surface area contributed by atoms with Gasteiger partial charge in [0.2, 0.25) is 5.91 Å². The molecule has 0 atom stereocenters. The molecular formula is C46H57N7O. The van der Waals surface area contributed by atoms with Gasteiger partial charge in [0.15, 0.2) is 0 Å². The van der Waals surface area contributed by atoms with Crippen molar-refractivity contribution in [2.45, 2.75) is 6.42 Å². The molecule has 0 heterocycles. The Morgan fingerprint density at radius 1 is 0.463 bits per heavy atom. The number of primary amides is 1. The number of anilines is 6. The van der Waals surface area contributed by atoms with Crippen LogP contribution in [0.4, 0.5) is 34.1 Å². The molecule has 0 saturated heterocycles. The molecule has 282 valence electrons. The molecule has 0 aliphatic carbocycles. The van der Waals surface area contributed by atoms with Crippen molar-refractivity contribution in [2.24, 2.45) is 5.73 Å². The summed E-state index contributed by atoms with van der Waals surface area (Å²) >= 11 is 0. The Kier molecular flexibility index (Phi) is 14.4. The van der Waals surface area contributed by atoms with Gasteiger partial charge >= 0.3 is 0 Å². The van der Waals surface area contributed by atoms with E-state index in [1.807, 2.05) is 13.1 Å². The van der Waals surface area contributed by atoms with Gasteiger partial charge in [-0.05, 0) is 107 Å². The Bertz CT molecular complexity index is 1790. The average molecular weight is 724 g/mol. The summed E-state index contributed by atoms with van der Waals surface area (Å²) in [6.45, 7) is 0. The Morgan fingerprint density at radius 3 is 0.981 bits per heavy atom. The molecule has 8 nitrogen and oxygen atoms in total. The first-order valence-corrected chi connectivity index (χ1v) is 18.1. The van der Waals surface area contributed by atoms with E-state index in [1.165, 1.54) is 56.1 Å². The first-order chi connectivity index (χ1) is 25.8. The summed E-state index contributed by atoms with van der Waals surface area (Å²) in [4.78, 5) is 19.4. The van der Waals surface area contributed by atoms with Crippen molar-refractivity contribution in [1.29, 1.82) is 0 Å². The number of benzene rings is 5. The highest BCUT2D eigenvalue weighted by molar-refractivity contribution is 5.95. The third-order valence-corrected chi connectivity index (χ3v) is 9.27. The van der Waals surface area contributed by atoms with E-state index >= 15 is 0 Å². The van der Waals surface area contributed by atoms with Crippen LogP contribution in [-0.4, -0.2) is 76.4 Å². The molecule has 0 spiro atoms. The topological polar surface area (TPSA) is 80.1 Å². The van der Waals surface area contributed by atoms with E-state index in [1.54, 1.807) is 19.2 Å². The van der Waals surface area contributed by atoms with Crippen LogP contribution in [0.2, 0.25) is 0 Å². The highest BCUT2D eigenvalue weighted by atomic mass is 16.1. The van der Waals surface area contributed by atoms with E-state index in [-0.39, 0.29) is 0 Å². The van der Waals surface area contributed by atoms with Crippen molar-refractivity contribution >= 4 is 51.2 Å². The number of hydrogen-bond donors (Lipinski definition) is 3. The molecule has 54 heavy (non-hydrogen) atoms. The van der Waals surface area contributed by atoms with Crippen LogP contribution in [0, 0.1) is 0 Å². The summed E-state index contributed by atoms with van der Waals surface area (Å²) in [6, 6.07) is 40.6. The van der Waals surface area contributed by atoms with Gasteiger partial charge in [0.25, 0.3) is 0 Å². The molecule has 4 N–H and O–H groups in total. The van der Waals surface area contributed by atoms with E-state index in [4.69, 9.17) is 5.73 Å². The first-order valence-electron chi connectivity index (χ1n) is 18.1. The third-order valence-electron chi connectivity index (χ3n) is 9.27. The maximum Gasteiger partial charge on any atom is 0.248 e. The van der Waals surface area contributed by atoms with Crippen molar-refractivity contribution in [2.75, 3.05) is 101 Å². The summed E-state index contributed by atoms with van der Waals surface area (Å²) in [5.41, 5.74) is 19.6. The van der Waals surface area contributed by atoms with Gasteiger partial charge in [-0.1, -0.05) is 60.7 Å². The highest BCUT2D eigenvalue weighted by Gasteiger charge is 2.10. The summed E-state index contributed by atoms with van der Waals surface area (Å²) in [5, 5.41) is 5.97. The lowest BCUT2D eigenvalue weighted by Gasteiger charge is -2.17. The second-order valence-electron chi connectivity index (χ2n) is 13.9. The number of nitrogens with one attached hydrogen (secondary N) is 2. The maximum atomic E-state index is 10.8. The average Bonchev–Trinajstić information content (AvgIpc) is 3.18. The number of amides is 1. The van der Waals surface area contributed by atoms with Crippen molar-refractivity contribution in [3.63, 3.8) is 0 Å². The smallest absolute Gasteiger partial charge is 0.248 e. The number of carbonyl (C=O) groups excluding carboxylic acids is 1. The van der Waals surface area contributed by atoms with Gasteiger partial charge in [-0.15, -0.1) is 0 Å². The normalized spacial score (nSPS) is 10.3. The largest absolute Gasteiger partial charge is 0.386 e. The first kappa shape index (κ1) is 40.6. The fraction of sp³-hybridized carbons (Fsp3) is 0.239. The van der Waals surface area contributed by atoms with Crippen molar-refractivity contribution in [3.8, 4) is 0 Å². The minimum absolute atomic E-state index is 0.417. The highest BCUT2D eigenvalue weighted by Crippen LogP contribution is 2.31. The summed E-state index contributed by atoms with van der Waals surface area (Å²) in [5.74, 6) is -0.417. The molecule has 1 amide bonds. The van der Waals surface area contributed by atoms with E-state index in [9.17, 15) is 4.79 Å². The molecule has 0 saturated carbocycles. The van der Waals surface area contributed by atoms with Crippen LogP contribution in [0.25, 0.3) is 11.1 Å². The Hall–Kier alpha value is -6.15. The number of allylic oxidation sites excluding steroid dienone is 2. The Labute approximate surface area is 323 Å². The second kappa shape index (κ2) is 19.1. The van der Waals surface area contributed by atoms with Gasteiger partial charge in [0.1, 0.15) is 0 Å². The van der Waals surface area contributed by atoms with Gasteiger partial charge in [-0.25, -0.2) is 0 Å². The SMILES string of the molecule is CN(C)c1ccc(C(=CCC=C(c2ccc(N(C)C)cc2)c2ccc(N(C)C)cc2)c2ccc(N(C)C)cc2)cc1.CNc1ccc(C(N)=O)cc1NC. The summed E-state index contributed by atoms with van der Waals surface area (Å²) in [6.07, 6.45) is 5.52. The van der Waals surface area contributed by atoms with Crippen molar-refractivity contribution < 1.29 is 4.79 Å². The van der Waals surface area contributed by atoms with Gasteiger partial charge in [-0.3, -0.25) is 4.79 Å². The van der Waals surface area contributed by atoms with Crippen LogP contribution in [-0.2, 0) is 0 Å². The molecule has 5 rings (SSSR count). The lowest BCUT2D eigenvalue weighted by Crippen LogP contribution is -2.11. The maximum absolute atomic E-state index is 10.8. The van der Waals surface area contributed by atoms with Crippen LogP contribution in [0.3, 0.4) is 0 Å². The van der Waals surface area contributed by atoms with Crippen LogP contribution in [0.15, 0.2) is 127 Å². The van der Waals surface area contributed by atoms with E-state index < -0.39 is 5.91 Å². The number of hydrogen-bond acceptors (Lipinski definition) is 7. The number of carbonyl (C=O) groups is 1. The fourth-order valence-corrected chi connectivity index (χ4v) is 5.98. The quantitative estimate of drug-likeness (QED) is 0.112. The molecule has 0 radical (unpaired) electrons. The molecule has 5 aromatic rings. The van der Waals surface area contributed by atoms with Crippen molar-refractivity contribution in [1.82, 2.24) is 0 Å². The molecule has 0 aromatic heterocycles. The lowest BCUT2D eigenvalue weighted by atomic mass is 9.94. The molecule has 5 aromatic carbocycles. The molecular weight excluding hydrogens is 667 g/mol. The molecule has 8 heteroatoms. The van der Waals surface area contributed by atoms with Gasteiger partial charge in [0, 0.05) is 98.8 Å². The van der Waals surface area contributed by atoms with Crippen LogP contribution in [0.5, 0.6) is 0 Å². The van der Waals surface area contributed by atoms with Crippen LogP contribution < -0.4 is 36.0 Å². The Morgan fingerprint density at radius 2 is 0.741 bits per heavy atom. The van der Waals surface area contributed by atoms with E-state index in [2.05, 4.69) is 196 Å². The van der Waals surface area contributed by atoms with E-state index in [0.717, 1.165) is 17.8 Å². The molecule has 0 aliphatic rings. The van der Waals surface area contributed by atoms with Gasteiger partial charge in [0.05, 0.1) is 11.4 Å². The minimum atomic E-state index is -0.417. The summed E-state index contributed by atoms with van der Waals surface area (Å²) in [7, 11) is 20.2. The predicted molar refractivity (Wildman–Crippen MR) is 236 cm³/mol. The van der Waals surface area contributed by atoms with Crippen LogP contribution in [0.1, 0.15) is 39.0 Å². The third kappa shape index (κ3) is 10.7. The van der Waals surface area contributed by atoms with Gasteiger partial charge in [-0.2, -0.15) is 0 Å². The molecule has 0 fully saturated rings.